The van der Waals surface area contributed by atoms with Gasteiger partial charge in [0, 0.05) is 12.4 Å². The first-order valence-corrected chi connectivity index (χ1v) is 6.52. The maximum atomic E-state index is 13.6. The molecule has 1 aromatic carbocycles. The summed E-state index contributed by atoms with van der Waals surface area (Å²) in [7, 11) is 1.76. The van der Waals surface area contributed by atoms with Gasteiger partial charge in [-0.05, 0) is 25.1 Å². The number of nitrogens with one attached hydrogen (secondary N) is 1. The molecule has 0 aliphatic heterocycles. The lowest BCUT2D eigenvalue weighted by Gasteiger charge is -2.07. The molecule has 0 unspecified atom stereocenters. The van der Waals surface area contributed by atoms with E-state index in [0.29, 0.717) is 11.3 Å². The summed E-state index contributed by atoms with van der Waals surface area (Å²) in [6.45, 7) is 1.81. The third-order valence-corrected chi connectivity index (χ3v) is 3.31. The number of halogens is 2. The highest BCUT2D eigenvalue weighted by Gasteiger charge is 2.17. The Morgan fingerprint density at radius 1 is 1.27 bits per heavy atom. The highest BCUT2D eigenvalue weighted by atomic mass is 19.1. The number of carbonyl (C=O) groups is 1. The van der Waals surface area contributed by atoms with Gasteiger partial charge in [-0.3, -0.25) is 9.48 Å². The molecule has 0 saturated heterocycles. The van der Waals surface area contributed by atoms with Crippen molar-refractivity contribution in [3.05, 3.63) is 53.4 Å². The van der Waals surface area contributed by atoms with E-state index in [-0.39, 0.29) is 0 Å². The standard InChI is InChI=1S/C15H12F2N4O/c1-8-10-6-9(7-18-14(10)21(2)20-8)19-15(22)13-11(16)4-3-5-12(13)17/h3-7H,1-2H3,(H,19,22). The van der Waals surface area contributed by atoms with Crippen LogP contribution in [-0.4, -0.2) is 20.7 Å². The molecule has 0 spiro atoms. The van der Waals surface area contributed by atoms with Crippen LogP contribution in [0, 0.1) is 18.6 Å². The first kappa shape index (κ1) is 14.1. The Bertz CT molecular complexity index is 868. The number of benzene rings is 1. The van der Waals surface area contributed by atoms with Crippen molar-refractivity contribution in [1.29, 1.82) is 0 Å². The van der Waals surface area contributed by atoms with Crippen LogP contribution in [0.5, 0.6) is 0 Å². The number of fused-ring (bicyclic) bond motifs is 1. The van der Waals surface area contributed by atoms with Gasteiger partial charge in [-0.1, -0.05) is 6.07 Å². The third-order valence-electron chi connectivity index (χ3n) is 3.31. The van der Waals surface area contributed by atoms with Crippen molar-refractivity contribution in [2.24, 2.45) is 7.05 Å². The van der Waals surface area contributed by atoms with E-state index < -0.39 is 23.1 Å². The minimum Gasteiger partial charge on any atom is -0.320 e. The smallest absolute Gasteiger partial charge is 0.261 e. The number of amides is 1. The van der Waals surface area contributed by atoms with Crippen molar-refractivity contribution in [2.45, 2.75) is 6.92 Å². The van der Waals surface area contributed by atoms with Gasteiger partial charge in [0.05, 0.1) is 17.6 Å². The minimum absolute atomic E-state index is 0.344. The minimum atomic E-state index is -0.913. The largest absolute Gasteiger partial charge is 0.320 e. The van der Waals surface area contributed by atoms with Crippen molar-refractivity contribution < 1.29 is 13.6 Å². The van der Waals surface area contributed by atoms with Crippen LogP contribution in [0.4, 0.5) is 14.5 Å². The fourth-order valence-corrected chi connectivity index (χ4v) is 2.28. The van der Waals surface area contributed by atoms with Crippen molar-refractivity contribution in [3.8, 4) is 0 Å². The lowest BCUT2D eigenvalue weighted by atomic mass is 10.2. The van der Waals surface area contributed by atoms with Crippen LogP contribution in [0.3, 0.4) is 0 Å². The fourth-order valence-electron chi connectivity index (χ4n) is 2.28. The number of nitrogens with zero attached hydrogens (tertiary/aromatic N) is 3. The predicted molar refractivity (Wildman–Crippen MR) is 77.6 cm³/mol. The normalized spacial score (nSPS) is 10.9. The summed E-state index contributed by atoms with van der Waals surface area (Å²) in [6.07, 6.45) is 1.42. The quantitative estimate of drug-likeness (QED) is 0.792. The molecule has 5 nitrogen and oxygen atoms in total. The van der Waals surface area contributed by atoms with Crippen LogP contribution >= 0.6 is 0 Å². The summed E-state index contributed by atoms with van der Waals surface area (Å²) in [6, 6.07) is 4.94. The SMILES string of the molecule is Cc1nn(C)c2ncc(NC(=O)c3c(F)cccc3F)cc12. The van der Waals surface area contributed by atoms with Gasteiger partial charge in [-0.25, -0.2) is 13.8 Å². The maximum absolute atomic E-state index is 13.6. The highest BCUT2D eigenvalue weighted by molar-refractivity contribution is 6.05. The fraction of sp³-hybridized carbons (Fsp3) is 0.133. The van der Waals surface area contributed by atoms with E-state index in [9.17, 15) is 13.6 Å². The van der Waals surface area contributed by atoms with Crippen LogP contribution in [0.2, 0.25) is 0 Å². The first-order chi connectivity index (χ1) is 10.5. The summed E-state index contributed by atoms with van der Waals surface area (Å²) < 4.78 is 28.8. The predicted octanol–water partition coefficient (Wildman–Crippen LogP) is 2.81. The molecule has 0 aliphatic rings. The summed E-state index contributed by atoms with van der Waals surface area (Å²) in [5.74, 6) is -2.69. The maximum Gasteiger partial charge on any atom is 0.261 e. The topological polar surface area (TPSA) is 59.8 Å². The molecule has 112 valence electrons. The van der Waals surface area contributed by atoms with E-state index in [1.54, 1.807) is 17.8 Å². The Morgan fingerprint density at radius 3 is 2.64 bits per heavy atom. The lowest BCUT2D eigenvalue weighted by molar-refractivity contribution is 0.101. The second kappa shape index (κ2) is 5.18. The molecule has 1 amide bonds. The molecule has 3 rings (SSSR count). The van der Waals surface area contributed by atoms with Crippen molar-refractivity contribution >= 4 is 22.6 Å². The molecular formula is C15H12F2N4O. The van der Waals surface area contributed by atoms with E-state index in [1.165, 1.54) is 12.3 Å². The Labute approximate surface area is 124 Å². The third kappa shape index (κ3) is 2.30. The second-order valence-corrected chi connectivity index (χ2v) is 4.85. The first-order valence-electron chi connectivity index (χ1n) is 6.52. The monoisotopic (exact) mass is 302 g/mol. The Kier molecular flexibility index (Phi) is 3.32. The van der Waals surface area contributed by atoms with Crippen LogP contribution in [0.15, 0.2) is 30.5 Å². The van der Waals surface area contributed by atoms with Crippen LogP contribution in [0.25, 0.3) is 11.0 Å². The van der Waals surface area contributed by atoms with E-state index in [0.717, 1.165) is 23.2 Å². The van der Waals surface area contributed by atoms with Crippen LogP contribution in [0.1, 0.15) is 16.1 Å². The van der Waals surface area contributed by atoms with Gasteiger partial charge >= 0.3 is 0 Å². The summed E-state index contributed by atoms with van der Waals surface area (Å²) in [5, 5.41) is 7.43. The number of carbonyl (C=O) groups excluding carboxylic acids is 1. The van der Waals surface area contributed by atoms with E-state index >= 15 is 0 Å². The van der Waals surface area contributed by atoms with Crippen molar-refractivity contribution in [2.75, 3.05) is 5.32 Å². The molecule has 0 saturated carbocycles. The van der Waals surface area contributed by atoms with Crippen molar-refractivity contribution in [3.63, 3.8) is 0 Å². The molecule has 0 radical (unpaired) electrons. The molecular weight excluding hydrogens is 290 g/mol. The van der Waals surface area contributed by atoms with Crippen LogP contribution in [-0.2, 0) is 7.05 Å². The molecule has 2 heterocycles. The zero-order chi connectivity index (χ0) is 15.9. The van der Waals surface area contributed by atoms with Crippen LogP contribution < -0.4 is 5.32 Å². The van der Waals surface area contributed by atoms with Gasteiger partial charge in [0.15, 0.2) is 5.65 Å². The molecule has 0 fully saturated rings. The van der Waals surface area contributed by atoms with E-state index in [4.69, 9.17) is 0 Å². The Morgan fingerprint density at radius 2 is 1.95 bits per heavy atom. The van der Waals surface area contributed by atoms with Gasteiger partial charge in [0.2, 0.25) is 0 Å². The number of aromatic nitrogens is 3. The molecule has 1 N–H and O–H groups in total. The second-order valence-electron chi connectivity index (χ2n) is 4.85. The van der Waals surface area contributed by atoms with Gasteiger partial charge < -0.3 is 5.32 Å². The molecule has 0 bridgehead atoms. The molecule has 2 aromatic heterocycles. The highest BCUT2D eigenvalue weighted by Crippen LogP contribution is 2.20. The summed E-state index contributed by atoms with van der Waals surface area (Å²) >= 11 is 0. The zero-order valence-electron chi connectivity index (χ0n) is 11.9. The lowest BCUT2D eigenvalue weighted by Crippen LogP contribution is -2.16. The van der Waals surface area contributed by atoms with Gasteiger partial charge in [-0.2, -0.15) is 5.10 Å². The van der Waals surface area contributed by atoms with Gasteiger partial charge in [0.25, 0.3) is 5.91 Å². The molecule has 0 atom stereocenters. The van der Waals surface area contributed by atoms with Gasteiger partial charge in [0.1, 0.15) is 17.2 Å². The van der Waals surface area contributed by atoms with E-state index in [1.807, 2.05) is 6.92 Å². The number of rotatable bonds is 2. The number of hydrogen-bond donors (Lipinski definition) is 1. The van der Waals surface area contributed by atoms with Gasteiger partial charge in [-0.15, -0.1) is 0 Å². The molecule has 0 aliphatic carbocycles. The number of anilines is 1. The average molecular weight is 302 g/mol. The Balaban J connectivity index is 1.96. The number of hydrogen-bond acceptors (Lipinski definition) is 3. The molecule has 22 heavy (non-hydrogen) atoms. The van der Waals surface area contributed by atoms with E-state index in [2.05, 4.69) is 15.4 Å². The average Bonchev–Trinajstić information content (AvgIpc) is 2.73. The number of aryl methyl sites for hydroxylation is 2. The summed E-state index contributed by atoms with van der Waals surface area (Å²) in [4.78, 5) is 16.2. The zero-order valence-corrected chi connectivity index (χ0v) is 11.9. The molecule has 3 aromatic rings. The number of pyridine rings is 1. The van der Waals surface area contributed by atoms with Crippen molar-refractivity contribution in [1.82, 2.24) is 14.8 Å². The Hall–Kier alpha value is -2.83. The summed E-state index contributed by atoms with van der Waals surface area (Å²) in [5.41, 5.74) is 1.13. The molecule has 7 heteroatoms.